The molecule has 0 radical (unpaired) electrons. The number of hydrogen-bond donors (Lipinski definition) is 7. The molecule has 1 fully saturated rings. The van der Waals surface area contributed by atoms with Crippen molar-refractivity contribution in [3.63, 3.8) is 0 Å². The minimum Gasteiger partial charge on any atom is -0.481 e. The zero-order valence-electron chi connectivity index (χ0n) is 16.6. The van der Waals surface area contributed by atoms with Gasteiger partial charge in [-0.1, -0.05) is 12.1 Å². The van der Waals surface area contributed by atoms with Crippen molar-refractivity contribution in [2.45, 2.75) is 55.8 Å². The van der Waals surface area contributed by atoms with Crippen molar-refractivity contribution in [2.75, 3.05) is 6.61 Å². The van der Waals surface area contributed by atoms with Gasteiger partial charge in [-0.25, -0.2) is 4.79 Å². The minimum absolute atomic E-state index is 0.172. The van der Waals surface area contributed by atoms with E-state index in [4.69, 9.17) is 24.4 Å². The number of esters is 1. The summed E-state index contributed by atoms with van der Waals surface area (Å²) in [6.07, 6.45) is -9.47. The molecule has 178 valence electrons. The Hall–Kier alpha value is -2.81. The van der Waals surface area contributed by atoms with Gasteiger partial charge >= 0.3 is 17.9 Å². The summed E-state index contributed by atoms with van der Waals surface area (Å²) in [5, 5.41) is 66.2. The topological polar surface area (TPSA) is 221 Å². The number of benzene rings is 1. The van der Waals surface area contributed by atoms with E-state index in [2.05, 4.69) is 0 Å². The van der Waals surface area contributed by atoms with Crippen LogP contribution in [0.2, 0.25) is 0 Å². The predicted molar refractivity (Wildman–Crippen MR) is 100 cm³/mol. The van der Waals surface area contributed by atoms with Gasteiger partial charge in [-0.3, -0.25) is 9.59 Å². The molecule has 1 aliphatic heterocycles. The molecule has 0 amide bonds. The number of carbonyl (C=O) groups excluding carboxylic acids is 1. The highest BCUT2D eigenvalue weighted by Crippen LogP contribution is 2.25. The van der Waals surface area contributed by atoms with Crippen molar-refractivity contribution in [3.8, 4) is 5.75 Å². The van der Waals surface area contributed by atoms with Gasteiger partial charge in [-0.05, 0) is 17.7 Å². The molecule has 1 unspecified atom stereocenters. The monoisotopic (exact) mass is 460 g/mol. The van der Waals surface area contributed by atoms with Gasteiger partial charge in [-0.15, -0.1) is 0 Å². The standard InChI is InChI=1S/C19H24O13/c20-7-11-14(24)15(25)16(26)17(32-11)31-10-3-1-9(2-4-10)8-30-13(23)6-19(29,18(27)28)5-12(21)22/h1-4,11,14-17,20,24-26,29H,5-8H2,(H,21,22)(H,27,28)/t11-,14-,15+,16-,17-,19?/m0/s1. The van der Waals surface area contributed by atoms with Crippen LogP contribution < -0.4 is 4.74 Å². The van der Waals surface area contributed by atoms with E-state index in [-0.39, 0.29) is 12.4 Å². The average molecular weight is 460 g/mol. The fraction of sp³-hybridized carbons (Fsp3) is 0.526. The number of ether oxygens (including phenoxy) is 3. The second-order valence-corrected chi connectivity index (χ2v) is 7.20. The van der Waals surface area contributed by atoms with Gasteiger partial charge in [0.25, 0.3) is 0 Å². The fourth-order valence-electron chi connectivity index (χ4n) is 2.88. The van der Waals surface area contributed by atoms with Crippen LogP contribution >= 0.6 is 0 Å². The van der Waals surface area contributed by atoms with Crippen LogP contribution in [0.3, 0.4) is 0 Å². The maximum Gasteiger partial charge on any atom is 0.336 e. The molecule has 0 aliphatic carbocycles. The maximum atomic E-state index is 11.8. The molecular weight excluding hydrogens is 436 g/mol. The minimum atomic E-state index is -2.80. The molecule has 32 heavy (non-hydrogen) atoms. The van der Waals surface area contributed by atoms with E-state index in [1.54, 1.807) is 0 Å². The Morgan fingerprint density at radius 3 is 2.12 bits per heavy atom. The molecule has 1 aromatic carbocycles. The lowest BCUT2D eigenvalue weighted by molar-refractivity contribution is -0.277. The summed E-state index contributed by atoms with van der Waals surface area (Å²) in [6, 6.07) is 5.71. The lowest BCUT2D eigenvalue weighted by Crippen LogP contribution is -2.60. The van der Waals surface area contributed by atoms with Crippen LogP contribution in [0.25, 0.3) is 0 Å². The lowest BCUT2D eigenvalue weighted by Gasteiger charge is -2.39. The Bertz CT molecular complexity index is 808. The molecule has 13 heteroatoms. The van der Waals surface area contributed by atoms with E-state index < -0.39 is 73.7 Å². The van der Waals surface area contributed by atoms with Crippen LogP contribution in [-0.2, 0) is 30.5 Å². The van der Waals surface area contributed by atoms with Crippen molar-refractivity contribution in [2.24, 2.45) is 0 Å². The van der Waals surface area contributed by atoms with Crippen LogP contribution in [0.4, 0.5) is 0 Å². The van der Waals surface area contributed by atoms with Gasteiger partial charge in [0.2, 0.25) is 6.29 Å². The highest BCUT2D eigenvalue weighted by Gasteiger charge is 2.45. The van der Waals surface area contributed by atoms with Gasteiger partial charge in [0.1, 0.15) is 36.8 Å². The lowest BCUT2D eigenvalue weighted by atomic mass is 9.96. The van der Waals surface area contributed by atoms with Crippen LogP contribution in [0.15, 0.2) is 24.3 Å². The van der Waals surface area contributed by atoms with Crippen molar-refractivity contribution in [3.05, 3.63) is 29.8 Å². The normalized spacial score (nSPS) is 27.2. The maximum absolute atomic E-state index is 11.8. The fourth-order valence-corrected chi connectivity index (χ4v) is 2.88. The van der Waals surface area contributed by atoms with Crippen molar-refractivity contribution < 1.29 is 64.3 Å². The Labute approximate surface area is 181 Å². The van der Waals surface area contributed by atoms with Crippen molar-refractivity contribution in [1.29, 1.82) is 0 Å². The molecule has 2 rings (SSSR count). The number of carboxylic acids is 2. The number of carbonyl (C=O) groups is 3. The second-order valence-electron chi connectivity index (χ2n) is 7.20. The summed E-state index contributed by atoms with van der Waals surface area (Å²) in [5.41, 5.74) is -2.37. The molecule has 13 nitrogen and oxygen atoms in total. The summed E-state index contributed by atoms with van der Waals surface area (Å²) in [6.45, 7) is -0.930. The summed E-state index contributed by atoms with van der Waals surface area (Å²) in [4.78, 5) is 33.6. The molecule has 1 aliphatic rings. The number of aliphatic hydroxyl groups excluding tert-OH is 4. The Balaban J connectivity index is 1.92. The van der Waals surface area contributed by atoms with E-state index in [0.717, 1.165) is 0 Å². The zero-order chi connectivity index (χ0) is 24.1. The van der Waals surface area contributed by atoms with Crippen LogP contribution in [0, 0.1) is 0 Å². The molecule has 0 saturated carbocycles. The smallest absolute Gasteiger partial charge is 0.336 e. The third-order valence-corrected chi connectivity index (χ3v) is 4.70. The molecule has 6 atom stereocenters. The Morgan fingerprint density at radius 2 is 1.59 bits per heavy atom. The van der Waals surface area contributed by atoms with Crippen LogP contribution in [0.5, 0.6) is 5.75 Å². The van der Waals surface area contributed by atoms with Gasteiger partial charge < -0.3 is 50.0 Å². The molecule has 0 aromatic heterocycles. The van der Waals surface area contributed by atoms with Gasteiger partial charge in [0.05, 0.1) is 19.4 Å². The summed E-state index contributed by atoms with van der Waals surface area (Å²) < 4.78 is 15.5. The molecular formula is C19H24O13. The van der Waals surface area contributed by atoms with E-state index in [0.29, 0.717) is 5.56 Å². The van der Waals surface area contributed by atoms with Gasteiger partial charge in [-0.2, -0.15) is 0 Å². The van der Waals surface area contributed by atoms with E-state index in [1.807, 2.05) is 0 Å². The Kier molecular flexibility index (Phi) is 8.49. The Morgan fingerprint density at radius 1 is 0.969 bits per heavy atom. The number of aliphatic hydroxyl groups is 5. The molecule has 0 spiro atoms. The van der Waals surface area contributed by atoms with E-state index in [9.17, 15) is 39.9 Å². The highest BCUT2D eigenvalue weighted by atomic mass is 16.7. The second kappa shape index (κ2) is 10.7. The van der Waals surface area contributed by atoms with Crippen LogP contribution in [-0.4, -0.2) is 96.6 Å². The first-order chi connectivity index (χ1) is 15.0. The first kappa shape index (κ1) is 25.5. The molecule has 1 saturated heterocycles. The summed E-state index contributed by atoms with van der Waals surface area (Å²) in [7, 11) is 0. The van der Waals surface area contributed by atoms with Crippen molar-refractivity contribution >= 4 is 17.9 Å². The third kappa shape index (κ3) is 6.35. The first-order valence-corrected chi connectivity index (χ1v) is 9.36. The van der Waals surface area contributed by atoms with Crippen LogP contribution in [0.1, 0.15) is 18.4 Å². The van der Waals surface area contributed by atoms with Crippen molar-refractivity contribution in [1.82, 2.24) is 0 Å². The average Bonchev–Trinajstić information content (AvgIpc) is 2.72. The number of aliphatic carboxylic acids is 2. The predicted octanol–water partition coefficient (Wildman–Crippen LogP) is -2.41. The number of rotatable bonds is 10. The largest absolute Gasteiger partial charge is 0.481 e. The van der Waals surface area contributed by atoms with Gasteiger partial charge in [0.15, 0.2) is 5.60 Å². The molecule has 1 aromatic rings. The highest BCUT2D eigenvalue weighted by molar-refractivity contribution is 5.88. The zero-order valence-corrected chi connectivity index (χ0v) is 16.6. The number of hydrogen-bond acceptors (Lipinski definition) is 11. The van der Waals surface area contributed by atoms with Gasteiger partial charge in [0, 0.05) is 0 Å². The SMILES string of the molecule is O=C(O)CC(O)(CC(=O)OCc1ccc(O[C@H]2O[C@@H](CO)[C@H](O)[C@@H](O)[C@@H]2O)cc1)C(=O)O. The summed E-state index contributed by atoms with van der Waals surface area (Å²) in [5.74, 6) is -4.42. The first-order valence-electron chi connectivity index (χ1n) is 9.36. The number of carboxylic acid groups (broad SMARTS) is 2. The molecule has 7 N–H and O–H groups in total. The summed E-state index contributed by atoms with van der Waals surface area (Å²) >= 11 is 0. The van der Waals surface area contributed by atoms with E-state index >= 15 is 0 Å². The molecule has 1 heterocycles. The van der Waals surface area contributed by atoms with E-state index in [1.165, 1.54) is 24.3 Å². The third-order valence-electron chi connectivity index (χ3n) is 4.70. The molecule has 0 bridgehead atoms. The quantitative estimate of drug-likeness (QED) is 0.181.